The standard InChI is InChI=1S/C42H38N2O4/c1-3-5-11-23-43-37(45)29-19-13-17-27-33-25-15-7-9-21-31(25)41(35(27)29,39(43)47)42-32-22-10-8-16-26(32)34(33)28-18-14-20-30(36(28)42)38(46)44(40(42)48)24-12-6-4-2/h7-10,13-22,33-34H,3-6,11-12,23-24H2,1-2H3/t33-,34-,41+,42+/m0/s1. The van der Waals surface area contributed by atoms with Crippen LogP contribution in [0, 0.1) is 0 Å². The van der Waals surface area contributed by atoms with Crippen molar-refractivity contribution in [3.8, 4) is 0 Å². The predicted molar refractivity (Wildman–Crippen MR) is 182 cm³/mol. The Morgan fingerprint density at radius 1 is 0.500 bits per heavy atom. The predicted octanol–water partition coefficient (Wildman–Crippen LogP) is 7.21. The molecule has 240 valence electrons. The Balaban J connectivity index is 1.51. The zero-order valence-corrected chi connectivity index (χ0v) is 27.4. The second-order valence-corrected chi connectivity index (χ2v) is 14.1. The molecule has 0 fully saturated rings. The zero-order chi connectivity index (χ0) is 32.9. The van der Waals surface area contributed by atoms with Crippen molar-refractivity contribution in [2.24, 2.45) is 0 Å². The molecule has 8 aliphatic rings. The Labute approximate surface area is 280 Å². The quantitative estimate of drug-likeness (QED) is 0.152. The Hall–Kier alpha value is -4.84. The maximum Gasteiger partial charge on any atom is 0.260 e. The SMILES string of the molecule is CCCCCN1C(=O)c2cccc3c2[C@@]2(C1=O)c1ccccc1[C@@H]3[C@H]1c3ccccc3[C@@]23C(=O)N(CCCCC)C(=O)c2cccc1c23. The summed E-state index contributed by atoms with van der Waals surface area (Å²) >= 11 is 0. The Kier molecular flexibility index (Phi) is 6.31. The molecule has 0 N–H and O–H groups in total. The van der Waals surface area contributed by atoms with Gasteiger partial charge in [0.25, 0.3) is 11.8 Å². The molecule has 4 bridgehead atoms. The van der Waals surface area contributed by atoms with E-state index in [2.05, 4.69) is 38.1 Å². The monoisotopic (exact) mass is 634 g/mol. The lowest BCUT2D eigenvalue weighted by Crippen LogP contribution is -2.74. The minimum Gasteiger partial charge on any atom is -0.277 e. The molecule has 6 nitrogen and oxygen atoms in total. The van der Waals surface area contributed by atoms with Gasteiger partial charge in [0.05, 0.1) is 0 Å². The minimum atomic E-state index is -1.61. The second-order valence-electron chi connectivity index (χ2n) is 14.1. The van der Waals surface area contributed by atoms with Crippen LogP contribution in [0.2, 0.25) is 0 Å². The van der Waals surface area contributed by atoms with Crippen molar-refractivity contribution in [2.75, 3.05) is 13.1 Å². The van der Waals surface area contributed by atoms with Crippen LogP contribution in [0.4, 0.5) is 0 Å². The maximum atomic E-state index is 16.1. The van der Waals surface area contributed by atoms with Crippen molar-refractivity contribution in [3.05, 3.63) is 141 Å². The summed E-state index contributed by atoms with van der Waals surface area (Å²) in [6, 6.07) is 27.9. The number of hydrogen-bond acceptors (Lipinski definition) is 4. The van der Waals surface area contributed by atoms with Crippen molar-refractivity contribution in [1.29, 1.82) is 0 Å². The van der Waals surface area contributed by atoms with E-state index in [0.717, 1.165) is 59.1 Å². The van der Waals surface area contributed by atoms with Gasteiger partial charge in [0.2, 0.25) is 11.8 Å². The molecule has 0 aromatic heterocycles. The lowest BCUT2D eigenvalue weighted by Gasteiger charge is -2.64. The van der Waals surface area contributed by atoms with Crippen LogP contribution in [0.3, 0.4) is 0 Å². The number of rotatable bonds is 8. The summed E-state index contributed by atoms with van der Waals surface area (Å²) in [5.41, 5.74) is 4.51. The van der Waals surface area contributed by atoms with E-state index in [1.54, 1.807) is 0 Å². The number of hydrogen-bond donors (Lipinski definition) is 0. The molecule has 2 spiro atoms. The van der Waals surface area contributed by atoms with Gasteiger partial charge in [-0.25, -0.2) is 0 Å². The highest BCUT2D eigenvalue weighted by atomic mass is 16.2. The summed E-state index contributed by atoms with van der Waals surface area (Å²) in [5, 5.41) is 0. The van der Waals surface area contributed by atoms with E-state index in [4.69, 9.17) is 0 Å². The van der Waals surface area contributed by atoms with Gasteiger partial charge < -0.3 is 0 Å². The van der Waals surface area contributed by atoms with Crippen LogP contribution in [0.5, 0.6) is 0 Å². The van der Waals surface area contributed by atoms with E-state index in [9.17, 15) is 9.59 Å². The molecule has 2 aliphatic heterocycles. The van der Waals surface area contributed by atoms with Gasteiger partial charge in [-0.1, -0.05) is 112 Å². The minimum absolute atomic E-state index is 0.227. The summed E-state index contributed by atoms with van der Waals surface area (Å²) in [4.78, 5) is 64.1. The van der Waals surface area contributed by atoms with Crippen molar-refractivity contribution in [1.82, 2.24) is 9.80 Å². The van der Waals surface area contributed by atoms with Crippen molar-refractivity contribution >= 4 is 23.6 Å². The van der Waals surface area contributed by atoms with Crippen LogP contribution < -0.4 is 0 Å². The molecule has 4 aromatic rings. The van der Waals surface area contributed by atoms with E-state index in [1.165, 1.54) is 9.80 Å². The molecule has 48 heavy (non-hydrogen) atoms. The third kappa shape index (κ3) is 3.19. The molecule has 0 saturated carbocycles. The second kappa shape index (κ2) is 10.3. The highest BCUT2D eigenvalue weighted by Crippen LogP contribution is 2.71. The van der Waals surface area contributed by atoms with Gasteiger partial charge in [-0.05, 0) is 69.5 Å². The molecular weight excluding hydrogens is 596 g/mol. The molecule has 0 radical (unpaired) electrons. The van der Waals surface area contributed by atoms with Crippen LogP contribution in [0.25, 0.3) is 0 Å². The van der Waals surface area contributed by atoms with E-state index in [-0.39, 0.29) is 48.6 Å². The van der Waals surface area contributed by atoms with Crippen LogP contribution in [0.1, 0.15) is 129 Å². The van der Waals surface area contributed by atoms with Gasteiger partial charge in [0, 0.05) is 36.1 Å². The normalized spacial score (nSPS) is 25.4. The van der Waals surface area contributed by atoms with Crippen LogP contribution >= 0.6 is 0 Å². The molecular formula is C42H38N2O4. The smallest absolute Gasteiger partial charge is 0.260 e. The summed E-state index contributed by atoms with van der Waals surface area (Å²) in [7, 11) is 0. The molecule has 0 saturated heterocycles. The molecule has 4 atom stereocenters. The van der Waals surface area contributed by atoms with Crippen molar-refractivity contribution < 1.29 is 19.2 Å². The highest BCUT2D eigenvalue weighted by molar-refractivity contribution is 6.24. The Morgan fingerprint density at radius 2 is 0.896 bits per heavy atom. The molecule has 4 amide bonds. The number of carbonyl (C=O) groups excluding carboxylic acids is 4. The molecule has 2 heterocycles. The first-order valence-electron chi connectivity index (χ1n) is 17.6. The number of unbranched alkanes of at least 4 members (excludes halogenated alkanes) is 4. The number of amides is 4. The lowest BCUT2D eigenvalue weighted by molar-refractivity contribution is -0.146. The third-order valence-electron chi connectivity index (χ3n) is 12.0. The average Bonchev–Trinajstić information content (AvgIpc) is 3.10. The van der Waals surface area contributed by atoms with Crippen LogP contribution in [-0.4, -0.2) is 46.5 Å². The Morgan fingerprint density at radius 3 is 1.31 bits per heavy atom. The third-order valence-corrected chi connectivity index (χ3v) is 12.0. The van der Waals surface area contributed by atoms with Gasteiger partial charge in [-0.3, -0.25) is 29.0 Å². The number of nitrogens with zero attached hydrogens (tertiary/aromatic N) is 2. The van der Waals surface area contributed by atoms with Crippen LogP contribution in [-0.2, 0) is 20.4 Å². The van der Waals surface area contributed by atoms with Crippen molar-refractivity contribution in [3.63, 3.8) is 0 Å². The summed E-state index contributed by atoms with van der Waals surface area (Å²) in [5.74, 6) is -1.76. The fourth-order valence-electron chi connectivity index (χ4n) is 10.3. The van der Waals surface area contributed by atoms with Gasteiger partial charge in [0.1, 0.15) is 10.8 Å². The molecule has 6 heteroatoms. The van der Waals surface area contributed by atoms with E-state index < -0.39 is 10.8 Å². The number of carbonyl (C=O) groups is 4. The molecule has 4 aromatic carbocycles. The van der Waals surface area contributed by atoms with Gasteiger partial charge >= 0.3 is 0 Å². The van der Waals surface area contributed by atoms with Crippen molar-refractivity contribution in [2.45, 2.75) is 75.0 Å². The molecule has 0 unspecified atom stereocenters. The first-order chi connectivity index (χ1) is 23.5. The molecule has 12 rings (SSSR count). The summed E-state index contributed by atoms with van der Waals surface area (Å²) in [6.07, 6.45) is 4.97. The first kappa shape index (κ1) is 29.3. The summed E-state index contributed by atoms with van der Waals surface area (Å²) < 4.78 is 0. The van der Waals surface area contributed by atoms with E-state index >= 15 is 9.59 Å². The maximum absolute atomic E-state index is 16.1. The zero-order valence-electron chi connectivity index (χ0n) is 27.4. The Bertz CT molecular complexity index is 1950. The molecule has 6 aliphatic carbocycles. The first-order valence-corrected chi connectivity index (χ1v) is 17.6. The van der Waals surface area contributed by atoms with Gasteiger partial charge in [-0.15, -0.1) is 0 Å². The van der Waals surface area contributed by atoms with Gasteiger partial charge in [-0.2, -0.15) is 0 Å². The largest absolute Gasteiger partial charge is 0.277 e. The highest BCUT2D eigenvalue weighted by Gasteiger charge is 2.76. The lowest BCUT2D eigenvalue weighted by atomic mass is 9.38. The fourth-order valence-corrected chi connectivity index (χ4v) is 10.3. The van der Waals surface area contributed by atoms with E-state index in [1.807, 2.05) is 60.7 Å². The van der Waals surface area contributed by atoms with E-state index in [0.29, 0.717) is 35.1 Å². The number of benzene rings is 4. The average molecular weight is 635 g/mol. The van der Waals surface area contributed by atoms with Crippen LogP contribution in [0.15, 0.2) is 84.9 Å². The number of imide groups is 2. The summed E-state index contributed by atoms with van der Waals surface area (Å²) in [6.45, 7) is 4.74. The topological polar surface area (TPSA) is 74.8 Å². The fraction of sp³-hybridized carbons (Fsp3) is 0.333. The van der Waals surface area contributed by atoms with Gasteiger partial charge in [0.15, 0.2) is 0 Å².